The normalized spacial score (nSPS) is 11.4. The number of nitrogens with zero attached hydrogens (tertiary/aromatic N) is 1. The van der Waals surface area contributed by atoms with Gasteiger partial charge in [-0.05, 0) is 36.3 Å². The number of rotatable bonds is 2. The Morgan fingerprint density at radius 1 is 1.00 bits per heavy atom. The van der Waals surface area contributed by atoms with Crippen molar-refractivity contribution in [3.63, 3.8) is 0 Å². The molecular weight excluding hydrogens is 182 g/mol. The molecule has 0 saturated heterocycles. The highest BCUT2D eigenvalue weighted by atomic mass is 14.7. The van der Waals surface area contributed by atoms with E-state index in [-0.39, 0.29) is 0 Å². The molecule has 1 aromatic heterocycles. The average molecular weight is 195 g/mol. The summed E-state index contributed by atoms with van der Waals surface area (Å²) in [4.78, 5) is 4.31. The molecule has 0 saturated carbocycles. The van der Waals surface area contributed by atoms with E-state index in [9.17, 15) is 0 Å². The molecule has 0 fully saturated rings. The van der Waals surface area contributed by atoms with Crippen LogP contribution in [0.5, 0.6) is 0 Å². The van der Waals surface area contributed by atoms with Gasteiger partial charge in [0.2, 0.25) is 0 Å². The van der Waals surface area contributed by atoms with E-state index >= 15 is 0 Å². The van der Waals surface area contributed by atoms with Gasteiger partial charge in [-0.3, -0.25) is 4.98 Å². The van der Waals surface area contributed by atoms with Crippen molar-refractivity contribution in [2.45, 2.75) is 6.92 Å². The molecule has 0 aliphatic heterocycles. The number of benzene rings is 1. The Hall–Kier alpha value is -1.89. The molecule has 74 valence electrons. The maximum absolute atomic E-state index is 4.31. The lowest BCUT2D eigenvalue weighted by Crippen LogP contribution is -1.83. The maximum Gasteiger partial charge on any atom is 0.0658 e. The van der Waals surface area contributed by atoms with E-state index in [0.29, 0.717) is 0 Å². The topological polar surface area (TPSA) is 12.9 Å². The van der Waals surface area contributed by atoms with Crippen molar-refractivity contribution in [1.29, 1.82) is 0 Å². The molecule has 1 aromatic carbocycles. The lowest BCUT2D eigenvalue weighted by Gasteiger charge is -1.99. The van der Waals surface area contributed by atoms with Crippen LogP contribution in [0.4, 0.5) is 0 Å². The summed E-state index contributed by atoms with van der Waals surface area (Å²) in [6.07, 6.45) is 3.96. The van der Waals surface area contributed by atoms with Crippen molar-refractivity contribution in [2.75, 3.05) is 0 Å². The van der Waals surface area contributed by atoms with E-state index in [0.717, 1.165) is 5.69 Å². The molecule has 0 bridgehead atoms. The molecule has 2 rings (SSSR count). The Kier molecular flexibility index (Phi) is 2.93. The molecule has 0 aliphatic rings. The summed E-state index contributed by atoms with van der Waals surface area (Å²) in [6.45, 7) is 2.08. The van der Waals surface area contributed by atoms with Gasteiger partial charge in [-0.25, -0.2) is 0 Å². The van der Waals surface area contributed by atoms with Gasteiger partial charge in [-0.1, -0.05) is 36.4 Å². The minimum Gasteiger partial charge on any atom is -0.257 e. The fourth-order valence-electron chi connectivity index (χ4n) is 1.47. The van der Waals surface area contributed by atoms with Crippen LogP contribution in [-0.2, 0) is 0 Å². The molecule has 0 radical (unpaired) electrons. The van der Waals surface area contributed by atoms with Gasteiger partial charge in [0.1, 0.15) is 0 Å². The molecule has 1 nitrogen and oxygen atoms in total. The van der Waals surface area contributed by atoms with Crippen molar-refractivity contribution < 1.29 is 0 Å². The first-order chi connectivity index (χ1) is 7.36. The van der Waals surface area contributed by atoms with Crippen molar-refractivity contribution in [3.8, 4) is 0 Å². The first-order valence-corrected chi connectivity index (χ1v) is 5.01. The molecular formula is C14H13N. The second-order valence-electron chi connectivity index (χ2n) is 3.45. The molecule has 0 amide bonds. The SMILES string of the molecule is CC(=Cc1ccccc1)c1ccccn1. The Morgan fingerprint density at radius 3 is 2.40 bits per heavy atom. The second-order valence-corrected chi connectivity index (χ2v) is 3.45. The molecule has 0 spiro atoms. The molecule has 1 heteroatoms. The van der Waals surface area contributed by atoms with Crippen molar-refractivity contribution >= 4 is 11.6 Å². The summed E-state index contributed by atoms with van der Waals surface area (Å²) >= 11 is 0. The van der Waals surface area contributed by atoms with Gasteiger partial charge in [-0.15, -0.1) is 0 Å². The Balaban J connectivity index is 2.29. The van der Waals surface area contributed by atoms with E-state index in [1.54, 1.807) is 0 Å². The van der Waals surface area contributed by atoms with E-state index < -0.39 is 0 Å². The van der Waals surface area contributed by atoms with Crippen LogP contribution in [0.1, 0.15) is 18.2 Å². The van der Waals surface area contributed by atoms with Gasteiger partial charge in [-0.2, -0.15) is 0 Å². The monoisotopic (exact) mass is 195 g/mol. The minimum atomic E-state index is 1.03. The third kappa shape index (κ3) is 2.53. The van der Waals surface area contributed by atoms with Crippen molar-refractivity contribution in [2.24, 2.45) is 0 Å². The second kappa shape index (κ2) is 4.56. The zero-order valence-corrected chi connectivity index (χ0v) is 8.72. The Morgan fingerprint density at radius 2 is 1.73 bits per heavy atom. The highest BCUT2D eigenvalue weighted by Crippen LogP contribution is 2.14. The fourth-order valence-corrected chi connectivity index (χ4v) is 1.47. The predicted octanol–water partition coefficient (Wildman–Crippen LogP) is 3.64. The van der Waals surface area contributed by atoms with Crippen LogP contribution in [0.2, 0.25) is 0 Å². The van der Waals surface area contributed by atoms with Crippen LogP contribution in [0.3, 0.4) is 0 Å². The molecule has 0 atom stereocenters. The first-order valence-electron chi connectivity index (χ1n) is 5.01. The Labute approximate surface area is 90.1 Å². The number of hydrogen-bond acceptors (Lipinski definition) is 1. The minimum absolute atomic E-state index is 1.03. The van der Waals surface area contributed by atoms with Crippen molar-refractivity contribution in [1.82, 2.24) is 4.98 Å². The summed E-state index contributed by atoms with van der Waals surface area (Å²) in [5.74, 6) is 0. The van der Waals surface area contributed by atoms with Gasteiger partial charge in [0.25, 0.3) is 0 Å². The average Bonchev–Trinajstić information content (AvgIpc) is 2.31. The lowest BCUT2D eigenvalue weighted by atomic mass is 10.1. The van der Waals surface area contributed by atoms with Crippen LogP contribution in [0.15, 0.2) is 54.7 Å². The van der Waals surface area contributed by atoms with Gasteiger partial charge in [0.05, 0.1) is 5.69 Å². The quantitative estimate of drug-likeness (QED) is 0.712. The highest BCUT2D eigenvalue weighted by molar-refractivity contribution is 5.78. The summed E-state index contributed by atoms with van der Waals surface area (Å²) < 4.78 is 0. The standard InChI is InChI=1S/C14H13N/c1-12(14-9-5-6-10-15-14)11-13-7-3-2-4-8-13/h2-11H,1H3. The van der Waals surface area contributed by atoms with Crippen LogP contribution >= 0.6 is 0 Å². The van der Waals surface area contributed by atoms with Crippen LogP contribution in [-0.4, -0.2) is 4.98 Å². The van der Waals surface area contributed by atoms with Crippen LogP contribution in [0.25, 0.3) is 11.6 Å². The summed E-state index contributed by atoms with van der Waals surface area (Å²) in [5, 5.41) is 0. The molecule has 15 heavy (non-hydrogen) atoms. The molecule has 0 aliphatic carbocycles. The first kappa shape index (κ1) is 9.66. The fraction of sp³-hybridized carbons (Fsp3) is 0.0714. The molecule has 0 N–H and O–H groups in total. The molecule has 2 aromatic rings. The van der Waals surface area contributed by atoms with Crippen LogP contribution < -0.4 is 0 Å². The van der Waals surface area contributed by atoms with Gasteiger partial charge in [0.15, 0.2) is 0 Å². The van der Waals surface area contributed by atoms with E-state index in [1.807, 2.05) is 42.6 Å². The van der Waals surface area contributed by atoms with E-state index in [2.05, 4.69) is 30.1 Å². The predicted molar refractivity (Wildman–Crippen MR) is 64.2 cm³/mol. The zero-order chi connectivity index (χ0) is 10.5. The number of pyridine rings is 1. The van der Waals surface area contributed by atoms with Crippen molar-refractivity contribution in [3.05, 3.63) is 66.0 Å². The summed E-state index contributed by atoms with van der Waals surface area (Å²) in [6, 6.07) is 16.2. The van der Waals surface area contributed by atoms with Crippen LogP contribution in [0, 0.1) is 0 Å². The van der Waals surface area contributed by atoms with Gasteiger partial charge < -0.3 is 0 Å². The Bertz CT molecular complexity index is 443. The third-order valence-corrected chi connectivity index (χ3v) is 2.25. The maximum atomic E-state index is 4.31. The largest absolute Gasteiger partial charge is 0.257 e. The third-order valence-electron chi connectivity index (χ3n) is 2.25. The van der Waals surface area contributed by atoms with E-state index in [4.69, 9.17) is 0 Å². The lowest BCUT2D eigenvalue weighted by molar-refractivity contribution is 1.27. The highest BCUT2D eigenvalue weighted by Gasteiger charge is 1.95. The number of allylic oxidation sites excluding steroid dienone is 1. The number of aromatic nitrogens is 1. The zero-order valence-electron chi connectivity index (χ0n) is 8.72. The van der Waals surface area contributed by atoms with Gasteiger partial charge in [0, 0.05) is 6.20 Å². The number of hydrogen-bond donors (Lipinski definition) is 0. The summed E-state index contributed by atoms with van der Waals surface area (Å²) in [5.41, 5.74) is 3.42. The van der Waals surface area contributed by atoms with Gasteiger partial charge >= 0.3 is 0 Å². The molecule has 0 unspecified atom stereocenters. The smallest absolute Gasteiger partial charge is 0.0658 e. The van der Waals surface area contributed by atoms with E-state index in [1.165, 1.54) is 11.1 Å². The summed E-state index contributed by atoms with van der Waals surface area (Å²) in [7, 11) is 0. The molecule has 1 heterocycles.